The third-order valence-electron chi connectivity index (χ3n) is 2.37. The van der Waals surface area contributed by atoms with Crippen molar-refractivity contribution in [2.24, 2.45) is 5.73 Å². The summed E-state index contributed by atoms with van der Waals surface area (Å²) < 4.78 is 13.0. The van der Waals surface area contributed by atoms with Gasteiger partial charge in [0.2, 0.25) is 0 Å². The molecule has 1 aromatic rings. The standard InChI is InChI=1S/C11H18FN3/c1-4-15(8(2)3)11-9(6-13)5-10(12)7-14-11/h5,7-8H,4,6,13H2,1-3H3. The van der Waals surface area contributed by atoms with Crippen molar-refractivity contribution in [3.05, 3.63) is 23.6 Å². The third-order valence-corrected chi connectivity index (χ3v) is 2.37. The molecule has 0 aliphatic carbocycles. The number of nitrogens with zero attached hydrogens (tertiary/aromatic N) is 2. The Bertz CT molecular complexity index is 326. The molecule has 4 heteroatoms. The Morgan fingerprint density at radius 3 is 2.67 bits per heavy atom. The maximum absolute atomic E-state index is 13.0. The van der Waals surface area contributed by atoms with Gasteiger partial charge >= 0.3 is 0 Å². The van der Waals surface area contributed by atoms with E-state index in [2.05, 4.69) is 23.7 Å². The first kappa shape index (κ1) is 11.9. The van der Waals surface area contributed by atoms with Crippen LogP contribution in [0.2, 0.25) is 0 Å². The van der Waals surface area contributed by atoms with Crippen LogP contribution in [0.25, 0.3) is 0 Å². The molecule has 0 saturated carbocycles. The zero-order valence-corrected chi connectivity index (χ0v) is 9.50. The Kier molecular flexibility index (Phi) is 4.03. The monoisotopic (exact) mass is 211 g/mol. The molecule has 0 saturated heterocycles. The lowest BCUT2D eigenvalue weighted by Gasteiger charge is -2.28. The van der Waals surface area contributed by atoms with Gasteiger partial charge in [-0.1, -0.05) is 0 Å². The molecule has 0 aliphatic rings. The Hall–Kier alpha value is -1.16. The lowest BCUT2D eigenvalue weighted by molar-refractivity contribution is 0.613. The summed E-state index contributed by atoms with van der Waals surface area (Å²) in [5.41, 5.74) is 6.33. The van der Waals surface area contributed by atoms with Crippen molar-refractivity contribution in [2.45, 2.75) is 33.4 Å². The van der Waals surface area contributed by atoms with Gasteiger partial charge in [-0.2, -0.15) is 0 Å². The molecule has 1 heterocycles. The van der Waals surface area contributed by atoms with Gasteiger partial charge in [0, 0.05) is 24.7 Å². The van der Waals surface area contributed by atoms with Gasteiger partial charge < -0.3 is 10.6 Å². The number of pyridine rings is 1. The Morgan fingerprint density at radius 1 is 1.53 bits per heavy atom. The largest absolute Gasteiger partial charge is 0.354 e. The maximum atomic E-state index is 13.0. The molecule has 1 rings (SSSR count). The molecule has 3 nitrogen and oxygen atoms in total. The minimum absolute atomic E-state index is 0.309. The average molecular weight is 211 g/mol. The first-order valence-corrected chi connectivity index (χ1v) is 5.21. The highest BCUT2D eigenvalue weighted by atomic mass is 19.1. The SMILES string of the molecule is CCN(c1ncc(F)cc1CN)C(C)C. The number of nitrogens with two attached hydrogens (primary N) is 1. The summed E-state index contributed by atoms with van der Waals surface area (Å²) in [6, 6.07) is 1.78. The lowest BCUT2D eigenvalue weighted by Crippen LogP contribution is -2.32. The topological polar surface area (TPSA) is 42.2 Å². The molecule has 0 fully saturated rings. The summed E-state index contributed by atoms with van der Waals surface area (Å²) in [6.45, 7) is 7.35. The van der Waals surface area contributed by atoms with Gasteiger partial charge in [-0.3, -0.25) is 0 Å². The number of aromatic nitrogens is 1. The van der Waals surface area contributed by atoms with Crippen LogP contribution in [0.4, 0.5) is 10.2 Å². The van der Waals surface area contributed by atoms with Gasteiger partial charge in [0.25, 0.3) is 0 Å². The van der Waals surface area contributed by atoms with Crippen molar-refractivity contribution in [3.63, 3.8) is 0 Å². The lowest BCUT2D eigenvalue weighted by atomic mass is 10.2. The fourth-order valence-corrected chi connectivity index (χ4v) is 1.64. The van der Waals surface area contributed by atoms with Crippen LogP contribution < -0.4 is 10.6 Å². The van der Waals surface area contributed by atoms with Crippen molar-refractivity contribution in [1.82, 2.24) is 4.98 Å². The van der Waals surface area contributed by atoms with Crippen LogP contribution in [-0.4, -0.2) is 17.6 Å². The van der Waals surface area contributed by atoms with Gasteiger partial charge in [-0.15, -0.1) is 0 Å². The minimum Gasteiger partial charge on any atom is -0.354 e. The quantitative estimate of drug-likeness (QED) is 0.827. The predicted octanol–water partition coefficient (Wildman–Crippen LogP) is 1.91. The average Bonchev–Trinajstić information content (AvgIpc) is 2.20. The molecule has 0 spiro atoms. The summed E-state index contributed by atoms with van der Waals surface area (Å²) in [5, 5.41) is 0. The van der Waals surface area contributed by atoms with Gasteiger partial charge in [-0.05, 0) is 26.8 Å². The molecule has 0 unspecified atom stereocenters. The minimum atomic E-state index is -0.334. The molecular weight excluding hydrogens is 193 g/mol. The van der Waals surface area contributed by atoms with Crippen molar-refractivity contribution < 1.29 is 4.39 Å². The summed E-state index contributed by atoms with van der Waals surface area (Å²) >= 11 is 0. The van der Waals surface area contributed by atoms with E-state index in [0.29, 0.717) is 12.6 Å². The number of hydrogen-bond acceptors (Lipinski definition) is 3. The predicted molar refractivity (Wildman–Crippen MR) is 60.2 cm³/mol. The summed E-state index contributed by atoms with van der Waals surface area (Å²) in [7, 11) is 0. The Labute approximate surface area is 90.1 Å². The second-order valence-corrected chi connectivity index (χ2v) is 3.72. The smallest absolute Gasteiger partial charge is 0.141 e. The van der Waals surface area contributed by atoms with E-state index in [-0.39, 0.29) is 5.82 Å². The molecule has 0 atom stereocenters. The van der Waals surface area contributed by atoms with Crippen LogP contribution in [0.5, 0.6) is 0 Å². The zero-order chi connectivity index (χ0) is 11.4. The second kappa shape index (κ2) is 5.07. The van der Waals surface area contributed by atoms with Gasteiger partial charge in [-0.25, -0.2) is 9.37 Å². The van der Waals surface area contributed by atoms with Crippen molar-refractivity contribution >= 4 is 5.82 Å². The summed E-state index contributed by atoms with van der Waals surface area (Å²) in [5.74, 6) is 0.454. The van der Waals surface area contributed by atoms with Crippen molar-refractivity contribution in [2.75, 3.05) is 11.4 Å². The van der Waals surface area contributed by atoms with Crippen LogP contribution in [0.1, 0.15) is 26.3 Å². The normalized spacial score (nSPS) is 10.8. The van der Waals surface area contributed by atoms with E-state index in [1.165, 1.54) is 12.3 Å². The van der Waals surface area contributed by atoms with Crippen molar-refractivity contribution in [1.29, 1.82) is 0 Å². The third kappa shape index (κ3) is 2.65. The van der Waals surface area contributed by atoms with E-state index in [0.717, 1.165) is 17.9 Å². The maximum Gasteiger partial charge on any atom is 0.141 e. The number of halogens is 1. The van der Waals surface area contributed by atoms with Crippen LogP contribution in [0.15, 0.2) is 12.3 Å². The van der Waals surface area contributed by atoms with E-state index in [9.17, 15) is 4.39 Å². The molecule has 0 amide bonds. The van der Waals surface area contributed by atoms with Gasteiger partial charge in [0.1, 0.15) is 11.6 Å². The molecule has 2 N–H and O–H groups in total. The highest BCUT2D eigenvalue weighted by Crippen LogP contribution is 2.19. The molecule has 15 heavy (non-hydrogen) atoms. The van der Waals surface area contributed by atoms with Crippen LogP contribution >= 0.6 is 0 Å². The molecule has 0 aliphatic heterocycles. The Balaban J connectivity index is 3.11. The van der Waals surface area contributed by atoms with E-state index in [1.54, 1.807) is 0 Å². The molecule has 1 aromatic heterocycles. The first-order valence-electron chi connectivity index (χ1n) is 5.21. The molecule has 84 valence electrons. The molecular formula is C11H18FN3. The molecule has 0 bridgehead atoms. The fourth-order valence-electron chi connectivity index (χ4n) is 1.64. The first-order chi connectivity index (χ1) is 7.10. The fraction of sp³-hybridized carbons (Fsp3) is 0.545. The zero-order valence-electron chi connectivity index (χ0n) is 9.50. The van der Waals surface area contributed by atoms with E-state index >= 15 is 0 Å². The number of rotatable bonds is 4. The summed E-state index contributed by atoms with van der Waals surface area (Å²) in [6.07, 6.45) is 1.24. The van der Waals surface area contributed by atoms with Crippen LogP contribution in [-0.2, 0) is 6.54 Å². The summed E-state index contributed by atoms with van der Waals surface area (Å²) in [4.78, 5) is 6.21. The van der Waals surface area contributed by atoms with Gasteiger partial charge in [0.05, 0.1) is 6.20 Å². The highest BCUT2D eigenvalue weighted by Gasteiger charge is 2.14. The number of hydrogen-bond donors (Lipinski definition) is 1. The second-order valence-electron chi connectivity index (χ2n) is 3.72. The molecule has 0 radical (unpaired) electrons. The van der Waals surface area contributed by atoms with Crippen LogP contribution in [0, 0.1) is 5.82 Å². The Morgan fingerprint density at radius 2 is 2.20 bits per heavy atom. The van der Waals surface area contributed by atoms with Gasteiger partial charge in [0.15, 0.2) is 0 Å². The van der Waals surface area contributed by atoms with E-state index < -0.39 is 0 Å². The van der Waals surface area contributed by atoms with Crippen LogP contribution in [0.3, 0.4) is 0 Å². The van der Waals surface area contributed by atoms with Crippen molar-refractivity contribution in [3.8, 4) is 0 Å². The van der Waals surface area contributed by atoms with E-state index in [4.69, 9.17) is 5.73 Å². The highest BCUT2D eigenvalue weighted by molar-refractivity contribution is 5.47. The number of anilines is 1. The molecule has 0 aromatic carbocycles. The van der Waals surface area contributed by atoms with E-state index in [1.807, 2.05) is 6.92 Å².